The molecule has 2 aromatic rings. The number of likely N-dealkylation sites (tertiary alicyclic amines) is 1. The van der Waals surface area contributed by atoms with Crippen LogP contribution in [0.4, 0.5) is 5.95 Å². The Kier molecular flexibility index (Phi) is 3.30. The van der Waals surface area contributed by atoms with Crippen molar-refractivity contribution in [3.05, 3.63) is 18.2 Å². The number of nitrogens with two attached hydrogens (primary N) is 1. The van der Waals surface area contributed by atoms with E-state index in [2.05, 4.69) is 34.5 Å². The molecule has 0 bridgehead atoms. The zero-order chi connectivity index (χ0) is 14.3. The molecule has 0 aliphatic carbocycles. The van der Waals surface area contributed by atoms with Crippen LogP contribution in [-0.4, -0.2) is 41.7 Å². The molecule has 1 aromatic heterocycles. The molecule has 1 aliphatic rings. The molecule has 2 N–H and O–H groups in total. The second-order valence-corrected chi connectivity index (χ2v) is 5.76. The highest BCUT2D eigenvalue weighted by molar-refractivity contribution is 5.84. The Morgan fingerprint density at radius 1 is 1.40 bits per heavy atom. The van der Waals surface area contributed by atoms with Gasteiger partial charge in [-0.15, -0.1) is 0 Å². The van der Waals surface area contributed by atoms with Crippen LogP contribution in [0.15, 0.2) is 18.2 Å². The van der Waals surface area contributed by atoms with Gasteiger partial charge in [-0.3, -0.25) is 0 Å². The first-order valence-electron chi connectivity index (χ1n) is 7.10. The van der Waals surface area contributed by atoms with Gasteiger partial charge < -0.3 is 19.9 Å². The van der Waals surface area contributed by atoms with Gasteiger partial charge in [0.2, 0.25) is 5.95 Å². The van der Waals surface area contributed by atoms with Crippen molar-refractivity contribution in [1.29, 1.82) is 0 Å². The van der Waals surface area contributed by atoms with Crippen LogP contribution in [-0.2, 0) is 0 Å². The first kappa shape index (κ1) is 13.2. The molecule has 20 heavy (non-hydrogen) atoms. The number of aromatic nitrogens is 2. The van der Waals surface area contributed by atoms with Crippen LogP contribution in [0.25, 0.3) is 11.0 Å². The maximum absolute atomic E-state index is 6.19. The molecule has 5 nitrogen and oxygen atoms in total. The molecule has 108 valence electrons. The van der Waals surface area contributed by atoms with Crippen LogP contribution in [0.2, 0.25) is 0 Å². The molecule has 2 heterocycles. The smallest absolute Gasteiger partial charge is 0.201 e. The summed E-state index contributed by atoms with van der Waals surface area (Å²) in [6.07, 6.45) is 1.10. The van der Waals surface area contributed by atoms with E-state index in [1.54, 1.807) is 7.11 Å². The molecular weight excluding hydrogens is 252 g/mol. The van der Waals surface area contributed by atoms with Crippen molar-refractivity contribution in [2.24, 2.45) is 5.92 Å². The number of ether oxygens (including phenoxy) is 1. The highest BCUT2D eigenvalue weighted by Gasteiger charge is 2.28. The Bertz CT molecular complexity index is 622. The number of hydrogen-bond acceptors (Lipinski definition) is 4. The van der Waals surface area contributed by atoms with Gasteiger partial charge in [0.1, 0.15) is 11.3 Å². The van der Waals surface area contributed by atoms with E-state index in [0.717, 1.165) is 36.3 Å². The van der Waals surface area contributed by atoms with Crippen molar-refractivity contribution in [1.82, 2.24) is 14.5 Å². The van der Waals surface area contributed by atoms with Gasteiger partial charge in [0.15, 0.2) is 0 Å². The molecule has 2 unspecified atom stereocenters. The predicted octanol–water partition coefficient (Wildman–Crippen LogP) is 2.14. The molecular formula is C15H22N4O. The predicted molar refractivity (Wildman–Crippen MR) is 81.0 cm³/mol. The van der Waals surface area contributed by atoms with Crippen molar-refractivity contribution in [3.8, 4) is 5.75 Å². The van der Waals surface area contributed by atoms with Crippen LogP contribution < -0.4 is 10.5 Å². The van der Waals surface area contributed by atoms with E-state index in [4.69, 9.17) is 10.5 Å². The van der Waals surface area contributed by atoms with Gasteiger partial charge in [0.25, 0.3) is 0 Å². The molecule has 0 spiro atoms. The Labute approximate surface area is 119 Å². The zero-order valence-corrected chi connectivity index (χ0v) is 12.3. The minimum atomic E-state index is 0.406. The van der Waals surface area contributed by atoms with Crippen LogP contribution in [0.3, 0.4) is 0 Å². The van der Waals surface area contributed by atoms with Crippen molar-refractivity contribution < 1.29 is 4.74 Å². The van der Waals surface area contributed by atoms with Gasteiger partial charge in [0.05, 0.1) is 12.6 Å². The Balaban J connectivity index is 2.09. The second kappa shape index (κ2) is 4.98. The molecule has 3 rings (SSSR count). The molecule has 0 saturated carbocycles. The Morgan fingerprint density at radius 2 is 2.20 bits per heavy atom. The molecule has 1 fully saturated rings. The van der Waals surface area contributed by atoms with E-state index in [1.807, 2.05) is 12.1 Å². The van der Waals surface area contributed by atoms with E-state index < -0.39 is 0 Å². The fourth-order valence-corrected chi connectivity index (χ4v) is 3.35. The number of piperidine rings is 1. The third-order valence-electron chi connectivity index (χ3n) is 4.33. The third kappa shape index (κ3) is 2.02. The zero-order valence-electron chi connectivity index (χ0n) is 12.3. The highest BCUT2D eigenvalue weighted by Crippen LogP contribution is 2.35. The van der Waals surface area contributed by atoms with Gasteiger partial charge in [-0.1, -0.05) is 13.0 Å². The fourth-order valence-electron chi connectivity index (χ4n) is 3.35. The van der Waals surface area contributed by atoms with E-state index in [9.17, 15) is 0 Å². The lowest BCUT2D eigenvalue weighted by Crippen LogP contribution is -2.38. The van der Waals surface area contributed by atoms with E-state index >= 15 is 0 Å². The first-order valence-corrected chi connectivity index (χ1v) is 7.10. The van der Waals surface area contributed by atoms with Crippen LogP contribution in [0.1, 0.15) is 19.4 Å². The SMILES string of the molecule is COc1cccc2c1nc(N)n2C1CCN(C)CC1C. The summed E-state index contributed by atoms with van der Waals surface area (Å²) in [5.41, 5.74) is 8.12. The monoisotopic (exact) mass is 274 g/mol. The summed E-state index contributed by atoms with van der Waals surface area (Å²) in [5, 5.41) is 0. The Morgan fingerprint density at radius 3 is 2.90 bits per heavy atom. The number of anilines is 1. The summed E-state index contributed by atoms with van der Waals surface area (Å²) in [6, 6.07) is 6.41. The Hall–Kier alpha value is -1.75. The maximum atomic E-state index is 6.19. The summed E-state index contributed by atoms with van der Waals surface area (Å²) < 4.78 is 7.58. The lowest BCUT2D eigenvalue weighted by molar-refractivity contribution is 0.162. The number of hydrogen-bond donors (Lipinski definition) is 1. The number of imidazole rings is 1. The molecule has 0 amide bonds. The number of rotatable bonds is 2. The van der Waals surface area contributed by atoms with Gasteiger partial charge >= 0.3 is 0 Å². The summed E-state index contributed by atoms with van der Waals surface area (Å²) in [6.45, 7) is 4.47. The summed E-state index contributed by atoms with van der Waals surface area (Å²) in [4.78, 5) is 6.89. The largest absolute Gasteiger partial charge is 0.494 e. The number of fused-ring (bicyclic) bond motifs is 1. The molecule has 1 aromatic carbocycles. The first-order chi connectivity index (χ1) is 9.61. The third-order valence-corrected chi connectivity index (χ3v) is 4.33. The van der Waals surface area contributed by atoms with E-state index in [-0.39, 0.29) is 0 Å². The van der Waals surface area contributed by atoms with Crippen molar-refractivity contribution in [2.45, 2.75) is 19.4 Å². The van der Waals surface area contributed by atoms with E-state index in [0.29, 0.717) is 17.9 Å². The molecule has 1 saturated heterocycles. The van der Waals surface area contributed by atoms with Gasteiger partial charge in [-0.05, 0) is 38.1 Å². The van der Waals surface area contributed by atoms with Gasteiger partial charge in [-0.25, -0.2) is 4.98 Å². The van der Waals surface area contributed by atoms with Gasteiger partial charge in [0, 0.05) is 12.6 Å². The van der Waals surface area contributed by atoms with Crippen molar-refractivity contribution in [2.75, 3.05) is 33.0 Å². The normalized spacial score (nSPS) is 24.1. The quantitative estimate of drug-likeness (QED) is 0.911. The summed E-state index contributed by atoms with van der Waals surface area (Å²) >= 11 is 0. The van der Waals surface area contributed by atoms with Gasteiger partial charge in [-0.2, -0.15) is 0 Å². The van der Waals surface area contributed by atoms with Crippen LogP contribution >= 0.6 is 0 Å². The molecule has 0 radical (unpaired) electrons. The number of nitrogen functional groups attached to an aromatic ring is 1. The summed E-state index contributed by atoms with van der Waals surface area (Å²) in [5.74, 6) is 1.93. The number of nitrogens with zero attached hydrogens (tertiary/aromatic N) is 3. The highest BCUT2D eigenvalue weighted by atomic mass is 16.5. The van der Waals surface area contributed by atoms with Crippen molar-refractivity contribution >= 4 is 17.0 Å². The maximum Gasteiger partial charge on any atom is 0.201 e. The summed E-state index contributed by atoms with van der Waals surface area (Å²) in [7, 11) is 3.84. The topological polar surface area (TPSA) is 56.3 Å². The fraction of sp³-hybridized carbons (Fsp3) is 0.533. The molecule has 5 heteroatoms. The standard InChI is InChI=1S/C15H22N4O/c1-10-9-18(2)8-7-11(10)19-12-5-4-6-13(20-3)14(12)17-15(19)16/h4-6,10-11H,7-9H2,1-3H3,(H2,16,17). The van der Waals surface area contributed by atoms with Crippen LogP contribution in [0, 0.1) is 5.92 Å². The van der Waals surface area contributed by atoms with Crippen molar-refractivity contribution in [3.63, 3.8) is 0 Å². The average Bonchev–Trinajstić information content (AvgIpc) is 2.75. The second-order valence-electron chi connectivity index (χ2n) is 5.76. The minimum absolute atomic E-state index is 0.406. The van der Waals surface area contributed by atoms with Crippen LogP contribution in [0.5, 0.6) is 5.75 Å². The lowest BCUT2D eigenvalue weighted by atomic mass is 9.94. The minimum Gasteiger partial charge on any atom is -0.494 e. The average molecular weight is 274 g/mol. The lowest BCUT2D eigenvalue weighted by Gasteiger charge is -2.36. The number of methoxy groups -OCH3 is 1. The number of para-hydroxylation sites is 1. The van der Waals surface area contributed by atoms with E-state index in [1.165, 1.54) is 0 Å². The molecule has 2 atom stereocenters. The molecule has 1 aliphatic heterocycles. The number of benzene rings is 1.